The van der Waals surface area contributed by atoms with Crippen molar-refractivity contribution in [2.45, 2.75) is 38.4 Å². The van der Waals surface area contributed by atoms with Crippen LogP contribution in [0.2, 0.25) is 0 Å². The summed E-state index contributed by atoms with van der Waals surface area (Å²) < 4.78 is 0. The first-order valence-corrected chi connectivity index (χ1v) is 5.37. The van der Waals surface area contributed by atoms with Crippen LogP contribution in [0.1, 0.15) is 33.1 Å². The molecule has 0 bridgehead atoms. The van der Waals surface area contributed by atoms with E-state index >= 15 is 0 Å². The molecule has 0 heterocycles. The fourth-order valence-electron chi connectivity index (χ4n) is 0.880. The van der Waals surface area contributed by atoms with Crippen LogP contribution in [0, 0.1) is 0 Å². The van der Waals surface area contributed by atoms with Crippen molar-refractivity contribution in [3.05, 3.63) is 0 Å². The number of amidine groups is 1. The molecule has 0 saturated heterocycles. The maximum absolute atomic E-state index is 8.36. The highest BCUT2D eigenvalue weighted by molar-refractivity contribution is 7.99. The van der Waals surface area contributed by atoms with E-state index in [0.717, 1.165) is 12.2 Å². The topological polar surface area (TPSA) is 58.6 Å². The summed E-state index contributed by atoms with van der Waals surface area (Å²) in [5.74, 6) is 1.49. The molecule has 0 aliphatic heterocycles. The fourth-order valence-corrected chi connectivity index (χ4v) is 1.97. The molecule has 0 aliphatic rings. The maximum atomic E-state index is 8.36. The van der Waals surface area contributed by atoms with Crippen LogP contribution in [0.3, 0.4) is 0 Å². The number of nitrogens with two attached hydrogens (primary N) is 1. The third kappa shape index (κ3) is 5.29. The predicted octanol–water partition coefficient (Wildman–Crippen LogP) is 2.04. The van der Waals surface area contributed by atoms with E-state index in [1.165, 1.54) is 6.42 Å². The zero-order valence-electron chi connectivity index (χ0n) is 7.79. The maximum Gasteiger partial charge on any atom is 0.140 e. The Morgan fingerprint density at radius 3 is 2.67 bits per heavy atom. The van der Waals surface area contributed by atoms with Crippen LogP contribution in [0.15, 0.2) is 5.16 Å². The van der Waals surface area contributed by atoms with Gasteiger partial charge in [-0.2, -0.15) is 11.8 Å². The van der Waals surface area contributed by atoms with Crippen molar-refractivity contribution in [2.24, 2.45) is 10.9 Å². The molecule has 3 nitrogen and oxygen atoms in total. The summed E-state index contributed by atoms with van der Waals surface area (Å²) in [5, 5.41) is 11.8. The third-order valence-electron chi connectivity index (χ3n) is 1.58. The van der Waals surface area contributed by atoms with Gasteiger partial charge >= 0.3 is 0 Å². The first-order chi connectivity index (χ1) is 5.74. The second-order valence-corrected chi connectivity index (χ2v) is 4.10. The molecule has 0 spiro atoms. The van der Waals surface area contributed by atoms with Gasteiger partial charge in [-0.05, 0) is 18.6 Å². The van der Waals surface area contributed by atoms with Crippen LogP contribution in [0.4, 0.5) is 0 Å². The van der Waals surface area contributed by atoms with E-state index in [0.29, 0.717) is 17.5 Å². The van der Waals surface area contributed by atoms with E-state index in [1.807, 2.05) is 11.8 Å². The van der Waals surface area contributed by atoms with E-state index in [9.17, 15) is 0 Å². The Kier molecular flexibility index (Phi) is 7.05. The van der Waals surface area contributed by atoms with Crippen molar-refractivity contribution in [1.29, 1.82) is 0 Å². The standard InChI is InChI=1S/C8H18N2OS/c1-3-5-12-7(4-2)6-8(9)10-11/h7,11H,3-6H2,1-2H3,(H2,9,10). The Morgan fingerprint density at radius 1 is 1.58 bits per heavy atom. The van der Waals surface area contributed by atoms with Gasteiger partial charge in [0.2, 0.25) is 0 Å². The first kappa shape index (κ1) is 11.6. The second-order valence-electron chi connectivity index (χ2n) is 2.70. The first-order valence-electron chi connectivity index (χ1n) is 4.32. The van der Waals surface area contributed by atoms with Crippen LogP contribution in [-0.2, 0) is 0 Å². The molecule has 72 valence electrons. The van der Waals surface area contributed by atoms with Gasteiger partial charge in [0.05, 0.1) is 0 Å². The molecule has 0 aliphatic carbocycles. The minimum absolute atomic E-state index is 0.338. The summed E-state index contributed by atoms with van der Waals surface area (Å²) in [5.41, 5.74) is 5.41. The molecular formula is C8H18N2OS. The molecule has 0 radical (unpaired) electrons. The molecule has 0 rings (SSSR count). The van der Waals surface area contributed by atoms with E-state index in [2.05, 4.69) is 19.0 Å². The minimum atomic E-state index is 0.338. The van der Waals surface area contributed by atoms with Gasteiger partial charge in [0, 0.05) is 11.7 Å². The van der Waals surface area contributed by atoms with Gasteiger partial charge < -0.3 is 10.9 Å². The number of thioether (sulfide) groups is 1. The van der Waals surface area contributed by atoms with Gasteiger partial charge in [0.15, 0.2) is 0 Å². The van der Waals surface area contributed by atoms with Crippen molar-refractivity contribution in [1.82, 2.24) is 0 Å². The van der Waals surface area contributed by atoms with Gasteiger partial charge in [-0.15, -0.1) is 0 Å². The molecule has 0 amide bonds. The average molecular weight is 190 g/mol. The Bertz CT molecular complexity index is 139. The average Bonchev–Trinajstić information content (AvgIpc) is 2.11. The molecule has 0 aromatic heterocycles. The van der Waals surface area contributed by atoms with Gasteiger partial charge in [-0.3, -0.25) is 0 Å². The van der Waals surface area contributed by atoms with E-state index in [1.54, 1.807) is 0 Å². The lowest BCUT2D eigenvalue weighted by Crippen LogP contribution is -2.18. The lowest BCUT2D eigenvalue weighted by atomic mass is 10.2. The molecular weight excluding hydrogens is 172 g/mol. The summed E-state index contributed by atoms with van der Waals surface area (Å²) in [6.07, 6.45) is 2.94. The number of hydrogen-bond donors (Lipinski definition) is 2. The highest BCUT2D eigenvalue weighted by atomic mass is 32.2. The van der Waals surface area contributed by atoms with E-state index in [4.69, 9.17) is 10.9 Å². The molecule has 0 aromatic rings. The summed E-state index contributed by atoms with van der Waals surface area (Å²) >= 11 is 1.89. The fraction of sp³-hybridized carbons (Fsp3) is 0.875. The monoisotopic (exact) mass is 190 g/mol. The number of rotatable bonds is 6. The zero-order valence-corrected chi connectivity index (χ0v) is 8.60. The summed E-state index contributed by atoms with van der Waals surface area (Å²) in [4.78, 5) is 0. The summed E-state index contributed by atoms with van der Waals surface area (Å²) in [6.45, 7) is 4.28. The number of oxime groups is 1. The Balaban J connectivity index is 3.67. The third-order valence-corrected chi connectivity index (χ3v) is 3.19. The Labute approximate surface area is 78.4 Å². The van der Waals surface area contributed by atoms with Crippen LogP contribution < -0.4 is 5.73 Å². The van der Waals surface area contributed by atoms with Crippen molar-refractivity contribution >= 4 is 17.6 Å². The van der Waals surface area contributed by atoms with E-state index < -0.39 is 0 Å². The summed E-state index contributed by atoms with van der Waals surface area (Å²) in [7, 11) is 0. The van der Waals surface area contributed by atoms with Crippen LogP contribution >= 0.6 is 11.8 Å². The van der Waals surface area contributed by atoms with Crippen molar-refractivity contribution in [2.75, 3.05) is 5.75 Å². The summed E-state index contributed by atoms with van der Waals surface area (Å²) in [6, 6.07) is 0. The van der Waals surface area contributed by atoms with Gasteiger partial charge in [-0.25, -0.2) is 0 Å². The molecule has 12 heavy (non-hydrogen) atoms. The Morgan fingerprint density at radius 2 is 2.25 bits per heavy atom. The molecule has 4 heteroatoms. The highest BCUT2D eigenvalue weighted by Crippen LogP contribution is 2.18. The smallest absolute Gasteiger partial charge is 0.140 e. The lowest BCUT2D eigenvalue weighted by Gasteiger charge is -2.12. The SMILES string of the molecule is CCCSC(CC)C/C(N)=N/O. The van der Waals surface area contributed by atoms with Crippen molar-refractivity contribution in [3.63, 3.8) is 0 Å². The minimum Gasteiger partial charge on any atom is -0.409 e. The highest BCUT2D eigenvalue weighted by Gasteiger charge is 2.08. The molecule has 0 fully saturated rings. The quantitative estimate of drug-likeness (QED) is 0.292. The van der Waals surface area contributed by atoms with Gasteiger partial charge in [0.1, 0.15) is 5.84 Å². The van der Waals surface area contributed by atoms with Gasteiger partial charge in [0.25, 0.3) is 0 Å². The molecule has 3 N–H and O–H groups in total. The Hall–Kier alpha value is -0.380. The van der Waals surface area contributed by atoms with Crippen molar-refractivity contribution < 1.29 is 5.21 Å². The zero-order chi connectivity index (χ0) is 9.40. The van der Waals surface area contributed by atoms with Crippen molar-refractivity contribution in [3.8, 4) is 0 Å². The lowest BCUT2D eigenvalue weighted by molar-refractivity contribution is 0.316. The van der Waals surface area contributed by atoms with E-state index in [-0.39, 0.29) is 0 Å². The second kappa shape index (κ2) is 7.28. The molecule has 0 saturated carbocycles. The van der Waals surface area contributed by atoms with Crippen LogP contribution in [0.25, 0.3) is 0 Å². The molecule has 1 atom stereocenters. The molecule has 1 unspecified atom stereocenters. The number of nitrogens with zero attached hydrogens (tertiary/aromatic N) is 1. The molecule has 0 aromatic carbocycles. The number of hydrogen-bond acceptors (Lipinski definition) is 3. The predicted molar refractivity (Wildman–Crippen MR) is 54.9 cm³/mol. The van der Waals surface area contributed by atoms with Gasteiger partial charge in [-0.1, -0.05) is 19.0 Å². The van der Waals surface area contributed by atoms with Crippen LogP contribution in [0.5, 0.6) is 0 Å². The normalized spacial score (nSPS) is 14.7. The van der Waals surface area contributed by atoms with Crippen LogP contribution in [-0.4, -0.2) is 22.0 Å². The largest absolute Gasteiger partial charge is 0.409 e.